The molecule has 0 spiro atoms. The van der Waals surface area contributed by atoms with Gasteiger partial charge in [-0.3, -0.25) is 11.3 Å². The van der Waals surface area contributed by atoms with E-state index in [1.54, 1.807) is 0 Å². The van der Waals surface area contributed by atoms with Crippen LogP contribution in [0.4, 0.5) is 0 Å². The van der Waals surface area contributed by atoms with E-state index >= 15 is 0 Å². The van der Waals surface area contributed by atoms with Gasteiger partial charge >= 0.3 is 0 Å². The van der Waals surface area contributed by atoms with E-state index in [1.165, 1.54) is 56.9 Å². The predicted octanol–water partition coefficient (Wildman–Crippen LogP) is 4.32. The van der Waals surface area contributed by atoms with Crippen LogP contribution in [-0.2, 0) is 0 Å². The van der Waals surface area contributed by atoms with Crippen molar-refractivity contribution < 1.29 is 0 Å². The van der Waals surface area contributed by atoms with Gasteiger partial charge in [0.25, 0.3) is 0 Å². The van der Waals surface area contributed by atoms with Crippen molar-refractivity contribution in [2.45, 2.75) is 84.1 Å². The van der Waals surface area contributed by atoms with E-state index in [2.05, 4.69) is 25.9 Å². The van der Waals surface area contributed by atoms with Gasteiger partial charge in [0.2, 0.25) is 0 Å². The SMILES string of the molecule is C=C(CC)CC(CCCCCCCCC)NN. The van der Waals surface area contributed by atoms with E-state index in [4.69, 9.17) is 5.84 Å². The minimum atomic E-state index is 0.429. The van der Waals surface area contributed by atoms with Crippen LogP contribution >= 0.6 is 0 Å². The summed E-state index contributed by atoms with van der Waals surface area (Å²) < 4.78 is 0. The highest BCUT2D eigenvalue weighted by Gasteiger charge is 2.06. The van der Waals surface area contributed by atoms with Gasteiger partial charge in [0.1, 0.15) is 0 Å². The molecule has 0 bridgehead atoms. The maximum absolute atomic E-state index is 5.57. The standard InChI is InChI=1S/C15H32N2/c1-4-6-7-8-9-10-11-12-15(17-16)13-14(3)5-2/h15,17H,3-13,16H2,1-2H3. The zero-order chi connectivity index (χ0) is 12.9. The van der Waals surface area contributed by atoms with Gasteiger partial charge in [0.05, 0.1) is 0 Å². The molecule has 0 aromatic carbocycles. The van der Waals surface area contributed by atoms with Crippen molar-refractivity contribution >= 4 is 0 Å². The van der Waals surface area contributed by atoms with Gasteiger partial charge in [0, 0.05) is 6.04 Å². The number of hydrogen-bond donors (Lipinski definition) is 2. The molecular weight excluding hydrogens is 208 g/mol. The number of hydrogen-bond acceptors (Lipinski definition) is 2. The van der Waals surface area contributed by atoms with Crippen molar-refractivity contribution in [3.8, 4) is 0 Å². The second-order valence-corrected chi connectivity index (χ2v) is 5.08. The number of hydrazine groups is 1. The van der Waals surface area contributed by atoms with Gasteiger partial charge in [0.15, 0.2) is 0 Å². The third-order valence-corrected chi connectivity index (χ3v) is 3.43. The van der Waals surface area contributed by atoms with Crippen LogP contribution in [0.25, 0.3) is 0 Å². The van der Waals surface area contributed by atoms with Gasteiger partial charge < -0.3 is 0 Å². The van der Waals surface area contributed by atoms with Gasteiger partial charge in [-0.1, -0.05) is 70.9 Å². The van der Waals surface area contributed by atoms with Crippen molar-refractivity contribution in [1.82, 2.24) is 5.43 Å². The summed E-state index contributed by atoms with van der Waals surface area (Å²) in [6.07, 6.45) is 12.8. The van der Waals surface area contributed by atoms with Crippen LogP contribution in [0.5, 0.6) is 0 Å². The first-order chi connectivity index (χ1) is 8.24. The molecule has 2 heteroatoms. The second kappa shape index (κ2) is 12.1. The summed E-state index contributed by atoms with van der Waals surface area (Å²) in [5, 5.41) is 0. The highest BCUT2D eigenvalue weighted by atomic mass is 15.2. The average Bonchev–Trinajstić information content (AvgIpc) is 2.35. The largest absolute Gasteiger partial charge is 0.271 e. The topological polar surface area (TPSA) is 38.0 Å². The zero-order valence-electron chi connectivity index (χ0n) is 11.9. The van der Waals surface area contributed by atoms with Crippen molar-refractivity contribution in [3.63, 3.8) is 0 Å². The van der Waals surface area contributed by atoms with Crippen molar-refractivity contribution in [3.05, 3.63) is 12.2 Å². The molecule has 0 rings (SSSR count). The minimum Gasteiger partial charge on any atom is -0.271 e. The first-order valence-corrected chi connectivity index (χ1v) is 7.37. The number of nitrogens with one attached hydrogen (secondary N) is 1. The first-order valence-electron chi connectivity index (χ1n) is 7.37. The molecule has 0 saturated carbocycles. The van der Waals surface area contributed by atoms with E-state index < -0.39 is 0 Å². The number of unbranched alkanes of at least 4 members (excludes halogenated alkanes) is 6. The van der Waals surface area contributed by atoms with Crippen LogP contribution in [0.15, 0.2) is 12.2 Å². The summed E-state index contributed by atoms with van der Waals surface area (Å²) in [7, 11) is 0. The van der Waals surface area contributed by atoms with E-state index in [0.29, 0.717) is 6.04 Å². The Morgan fingerprint density at radius 1 is 1.06 bits per heavy atom. The Morgan fingerprint density at radius 2 is 1.65 bits per heavy atom. The minimum absolute atomic E-state index is 0.429. The van der Waals surface area contributed by atoms with Crippen molar-refractivity contribution in [1.29, 1.82) is 0 Å². The van der Waals surface area contributed by atoms with Crippen LogP contribution in [-0.4, -0.2) is 6.04 Å². The smallest absolute Gasteiger partial charge is 0.0247 e. The molecule has 17 heavy (non-hydrogen) atoms. The lowest BCUT2D eigenvalue weighted by Crippen LogP contribution is -2.35. The van der Waals surface area contributed by atoms with Crippen molar-refractivity contribution in [2.24, 2.45) is 5.84 Å². The molecule has 0 fully saturated rings. The van der Waals surface area contributed by atoms with Crippen LogP contribution in [0.2, 0.25) is 0 Å². The Morgan fingerprint density at radius 3 is 2.18 bits per heavy atom. The summed E-state index contributed by atoms with van der Waals surface area (Å²) in [5.74, 6) is 5.57. The first kappa shape index (κ1) is 16.7. The number of nitrogens with two attached hydrogens (primary N) is 1. The quantitative estimate of drug-likeness (QED) is 0.231. The zero-order valence-corrected chi connectivity index (χ0v) is 11.9. The highest BCUT2D eigenvalue weighted by molar-refractivity contribution is 4.95. The van der Waals surface area contributed by atoms with Gasteiger partial charge in [-0.2, -0.15) is 0 Å². The fourth-order valence-electron chi connectivity index (χ4n) is 2.08. The summed E-state index contributed by atoms with van der Waals surface area (Å²) in [5.41, 5.74) is 4.22. The molecule has 0 aromatic heterocycles. The summed E-state index contributed by atoms with van der Waals surface area (Å²) in [6.45, 7) is 8.46. The fraction of sp³-hybridized carbons (Fsp3) is 0.867. The monoisotopic (exact) mass is 240 g/mol. The third-order valence-electron chi connectivity index (χ3n) is 3.43. The van der Waals surface area contributed by atoms with Crippen LogP contribution in [0.1, 0.15) is 78.1 Å². The molecule has 1 atom stereocenters. The molecule has 0 aliphatic rings. The molecule has 0 saturated heterocycles. The van der Waals surface area contributed by atoms with E-state index in [1.807, 2.05) is 0 Å². The fourth-order valence-corrected chi connectivity index (χ4v) is 2.08. The molecule has 3 N–H and O–H groups in total. The van der Waals surface area contributed by atoms with Gasteiger partial charge in [-0.15, -0.1) is 0 Å². The second-order valence-electron chi connectivity index (χ2n) is 5.08. The molecule has 0 heterocycles. The van der Waals surface area contributed by atoms with Crippen molar-refractivity contribution in [2.75, 3.05) is 0 Å². The molecule has 0 amide bonds. The van der Waals surface area contributed by atoms with E-state index in [-0.39, 0.29) is 0 Å². The molecule has 2 nitrogen and oxygen atoms in total. The average molecular weight is 240 g/mol. The lowest BCUT2D eigenvalue weighted by Gasteiger charge is -2.16. The Bertz CT molecular complexity index is 178. The Labute approximate surface area is 108 Å². The molecule has 0 radical (unpaired) electrons. The van der Waals surface area contributed by atoms with Crippen LogP contribution < -0.4 is 11.3 Å². The maximum Gasteiger partial charge on any atom is 0.0247 e. The highest BCUT2D eigenvalue weighted by Crippen LogP contribution is 2.14. The van der Waals surface area contributed by atoms with E-state index in [9.17, 15) is 0 Å². The van der Waals surface area contributed by atoms with Gasteiger partial charge in [-0.05, 0) is 19.3 Å². The molecule has 102 valence electrons. The molecule has 0 aromatic rings. The molecule has 0 aliphatic carbocycles. The lowest BCUT2D eigenvalue weighted by atomic mass is 9.99. The normalized spacial score (nSPS) is 12.6. The molecule has 1 unspecified atom stereocenters. The summed E-state index contributed by atoms with van der Waals surface area (Å²) >= 11 is 0. The van der Waals surface area contributed by atoms with Crippen LogP contribution in [0.3, 0.4) is 0 Å². The predicted molar refractivity (Wildman–Crippen MR) is 77.8 cm³/mol. The van der Waals surface area contributed by atoms with Gasteiger partial charge in [-0.25, -0.2) is 0 Å². The van der Waals surface area contributed by atoms with Crippen LogP contribution in [0, 0.1) is 0 Å². The Hall–Kier alpha value is -0.340. The van der Waals surface area contributed by atoms with E-state index in [0.717, 1.165) is 12.8 Å². The Balaban J connectivity index is 3.40. The molecule has 0 aliphatic heterocycles. The summed E-state index contributed by atoms with van der Waals surface area (Å²) in [4.78, 5) is 0. The number of rotatable bonds is 12. The maximum atomic E-state index is 5.57. The molecular formula is C15H32N2. The Kier molecular flexibility index (Phi) is 11.9. The lowest BCUT2D eigenvalue weighted by molar-refractivity contribution is 0.455. The third kappa shape index (κ3) is 10.5. The summed E-state index contributed by atoms with van der Waals surface area (Å²) in [6, 6.07) is 0.429.